The first-order valence-corrected chi connectivity index (χ1v) is 13.2. The molecular weight excluding hydrogens is 579 g/mol. The number of oxime groups is 1. The third-order valence-electron chi connectivity index (χ3n) is 6.46. The minimum absolute atomic E-state index is 0.0202. The van der Waals surface area contributed by atoms with Crippen LogP contribution in [0.15, 0.2) is 59.8 Å². The Balaban J connectivity index is 1.76. The van der Waals surface area contributed by atoms with E-state index in [4.69, 9.17) is 31.0 Å². The Bertz CT molecular complexity index is 1470. The summed E-state index contributed by atoms with van der Waals surface area (Å²) in [6.07, 6.45) is -4.43. The number of hydrogen-bond acceptors (Lipinski definition) is 8. The van der Waals surface area contributed by atoms with Crippen LogP contribution >= 0.6 is 11.6 Å². The summed E-state index contributed by atoms with van der Waals surface area (Å²) in [5.74, 6) is -0.0775. The standard InChI is InChI=1S/C29H29ClF3N3O6/c1-17(35-41-11-10-37)19-12-21(15-23(13-19)39-2)34-27(24-7-5-20(30)14-26(24)40-3)28(38)36-9-8-18-4-6-22(16-25(18)36)42-29(31,32)33/h4-7,12-16,27,34,37H,8-11H2,1-3H3. The average Bonchev–Trinajstić information content (AvgIpc) is 3.38. The number of rotatable bonds is 11. The van der Waals surface area contributed by atoms with Gasteiger partial charge in [-0.3, -0.25) is 4.79 Å². The summed E-state index contributed by atoms with van der Waals surface area (Å²) in [4.78, 5) is 20.7. The zero-order chi connectivity index (χ0) is 30.4. The third-order valence-corrected chi connectivity index (χ3v) is 6.70. The molecule has 0 fully saturated rings. The number of alkyl halides is 3. The second-order valence-corrected chi connectivity index (χ2v) is 9.66. The fourth-order valence-corrected chi connectivity index (χ4v) is 4.71. The number of fused-ring (bicyclic) bond motifs is 1. The highest BCUT2D eigenvalue weighted by Crippen LogP contribution is 2.38. The van der Waals surface area contributed by atoms with E-state index in [1.54, 1.807) is 43.3 Å². The lowest BCUT2D eigenvalue weighted by Gasteiger charge is -2.27. The molecule has 1 unspecified atom stereocenters. The number of halogens is 4. The van der Waals surface area contributed by atoms with Crippen LogP contribution in [-0.4, -0.2) is 57.1 Å². The van der Waals surface area contributed by atoms with Crippen molar-refractivity contribution in [2.75, 3.05) is 44.2 Å². The Kier molecular flexibility index (Phi) is 9.69. The minimum Gasteiger partial charge on any atom is -0.497 e. The fraction of sp³-hybridized carbons (Fsp3) is 0.310. The smallest absolute Gasteiger partial charge is 0.497 e. The van der Waals surface area contributed by atoms with Gasteiger partial charge in [-0.25, -0.2) is 0 Å². The molecule has 1 aliphatic heterocycles. The molecule has 0 aromatic heterocycles. The maximum absolute atomic E-state index is 14.2. The Morgan fingerprint density at radius 3 is 2.57 bits per heavy atom. The van der Waals surface area contributed by atoms with Crippen molar-refractivity contribution in [1.82, 2.24) is 0 Å². The van der Waals surface area contributed by atoms with Crippen molar-refractivity contribution in [1.29, 1.82) is 0 Å². The predicted molar refractivity (Wildman–Crippen MR) is 152 cm³/mol. The highest BCUT2D eigenvalue weighted by atomic mass is 35.5. The molecule has 0 radical (unpaired) electrons. The quantitative estimate of drug-likeness (QED) is 0.163. The molecule has 3 aromatic carbocycles. The summed E-state index contributed by atoms with van der Waals surface area (Å²) in [7, 11) is 2.93. The predicted octanol–water partition coefficient (Wildman–Crippen LogP) is 5.73. The van der Waals surface area contributed by atoms with Crippen molar-refractivity contribution in [3.05, 3.63) is 76.3 Å². The van der Waals surface area contributed by atoms with Crippen LogP contribution in [0.25, 0.3) is 0 Å². The number of ether oxygens (including phenoxy) is 3. The molecule has 1 heterocycles. The lowest BCUT2D eigenvalue weighted by Crippen LogP contribution is -2.37. The van der Waals surface area contributed by atoms with Crippen molar-refractivity contribution < 1.29 is 42.1 Å². The molecule has 224 valence electrons. The maximum Gasteiger partial charge on any atom is 0.573 e. The summed E-state index contributed by atoms with van der Waals surface area (Å²) in [6, 6.07) is 12.9. The second-order valence-electron chi connectivity index (χ2n) is 9.23. The lowest BCUT2D eigenvalue weighted by molar-refractivity contribution is -0.274. The van der Waals surface area contributed by atoms with Crippen molar-refractivity contribution in [3.63, 3.8) is 0 Å². The number of nitrogens with zero attached hydrogens (tertiary/aromatic N) is 2. The van der Waals surface area contributed by atoms with Crippen LogP contribution in [0.4, 0.5) is 24.5 Å². The number of carbonyl (C=O) groups excluding carboxylic acids is 1. The number of aliphatic hydroxyl groups excluding tert-OH is 1. The summed E-state index contributed by atoms with van der Waals surface area (Å²) < 4.78 is 53.9. The van der Waals surface area contributed by atoms with Crippen LogP contribution in [0.1, 0.15) is 29.7 Å². The Hall–Kier alpha value is -4.16. The number of amides is 1. The van der Waals surface area contributed by atoms with E-state index < -0.39 is 24.1 Å². The normalized spacial score (nSPS) is 13.8. The monoisotopic (exact) mass is 607 g/mol. The van der Waals surface area contributed by atoms with Crippen LogP contribution in [0.5, 0.6) is 17.2 Å². The van der Waals surface area contributed by atoms with E-state index in [1.165, 1.54) is 37.3 Å². The summed E-state index contributed by atoms with van der Waals surface area (Å²) in [6.45, 7) is 1.78. The van der Waals surface area contributed by atoms with Crippen LogP contribution in [-0.2, 0) is 16.1 Å². The van der Waals surface area contributed by atoms with Gasteiger partial charge < -0.3 is 34.4 Å². The Morgan fingerprint density at radius 2 is 1.88 bits per heavy atom. The van der Waals surface area contributed by atoms with Gasteiger partial charge in [-0.1, -0.05) is 28.9 Å². The van der Waals surface area contributed by atoms with Crippen LogP contribution in [0.3, 0.4) is 0 Å². The van der Waals surface area contributed by atoms with Gasteiger partial charge in [0.1, 0.15) is 29.9 Å². The molecule has 2 N–H and O–H groups in total. The van der Waals surface area contributed by atoms with E-state index in [2.05, 4.69) is 15.2 Å². The zero-order valence-electron chi connectivity index (χ0n) is 23.0. The van der Waals surface area contributed by atoms with Gasteiger partial charge in [0.25, 0.3) is 5.91 Å². The Labute approximate surface area is 245 Å². The van der Waals surface area contributed by atoms with E-state index >= 15 is 0 Å². The SMILES string of the molecule is COc1cc(NC(C(=O)N2CCc3ccc(OC(F)(F)F)cc32)c2ccc(Cl)cc2OC)cc(C(C)=NOCCO)c1. The molecule has 13 heteroatoms. The first-order chi connectivity index (χ1) is 20.0. The summed E-state index contributed by atoms with van der Waals surface area (Å²) in [5.41, 5.74) is 3.05. The summed E-state index contributed by atoms with van der Waals surface area (Å²) >= 11 is 6.19. The second kappa shape index (κ2) is 13.2. The van der Waals surface area contributed by atoms with Gasteiger partial charge in [-0.2, -0.15) is 0 Å². The molecule has 9 nitrogen and oxygen atoms in total. The molecule has 0 aliphatic carbocycles. The van der Waals surface area contributed by atoms with Gasteiger partial charge in [0.05, 0.1) is 32.2 Å². The van der Waals surface area contributed by atoms with Gasteiger partial charge in [0.2, 0.25) is 0 Å². The maximum atomic E-state index is 14.2. The molecule has 0 spiro atoms. The van der Waals surface area contributed by atoms with E-state index in [-0.39, 0.29) is 19.8 Å². The molecule has 1 aliphatic rings. The third kappa shape index (κ3) is 7.37. The fourth-order valence-electron chi connectivity index (χ4n) is 4.55. The number of carbonyl (C=O) groups is 1. The van der Waals surface area contributed by atoms with Crippen LogP contribution in [0, 0.1) is 0 Å². The number of aliphatic hydroxyl groups is 1. The van der Waals surface area contributed by atoms with Gasteiger partial charge in [-0.05, 0) is 49.2 Å². The van der Waals surface area contributed by atoms with Gasteiger partial charge >= 0.3 is 6.36 Å². The van der Waals surface area contributed by atoms with Gasteiger partial charge in [-0.15, -0.1) is 13.2 Å². The minimum atomic E-state index is -4.88. The lowest BCUT2D eigenvalue weighted by atomic mass is 10.0. The van der Waals surface area contributed by atoms with Gasteiger partial charge in [0.15, 0.2) is 0 Å². The van der Waals surface area contributed by atoms with Crippen molar-refractivity contribution in [3.8, 4) is 17.2 Å². The molecule has 0 saturated carbocycles. The van der Waals surface area contributed by atoms with E-state index in [9.17, 15) is 18.0 Å². The molecule has 4 rings (SSSR count). The van der Waals surface area contributed by atoms with E-state index in [1.807, 2.05) is 0 Å². The number of hydrogen-bond donors (Lipinski definition) is 2. The number of nitrogens with one attached hydrogen (secondary N) is 1. The topological polar surface area (TPSA) is 102 Å². The molecule has 42 heavy (non-hydrogen) atoms. The van der Waals surface area contributed by atoms with Gasteiger partial charge in [0, 0.05) is 40.5 Å². The zero-order valence-corrected chi connectivity index (χ0v) is 23.8. The average molecular weight is 608 g/mol. The molecular formula is C29H29ClF3N3O6. The largest absolute Gasteiger partial charge is 0.573 e. The van der Waals surface area contributed by atoms with E-state index in [0.29, 0.717) is 56.7 Å². The van der Waals surface area contributed by atoms with Crippen LogP contribution in [0.2, 0.25) is 5.02 Å². The molecule has 3 aromatic rings. The highest BCUT2D eigenvalue weighted by Gasteiger charge is 2.35. The molecule has 0 saturated heterocycles. The molecule has 1 amide bonds. The highest BCUT2D eigenvalue weighted by molar-refractivity contribution is 6.30. The number of methoxy groups -OCH3 is 2. The summed E-state index contributed by atoms with van der Waals surface area (Å²) in [5, 5.41) is 16.6. The first kappa shape index (κ1) is 30.8. The van der Waals surface area contributed by atoms with Crippen molar-refractivity contribution in [2.24, 2.45) is 5.16 Å². The Morgan fingerprint density at radius 1 is 1.10 bits per heavy atom. The molecule has 0 bridgehead atoms. The van der Waals surface area contributed by atoms with Crippen molar-refractivity contribution >= 4 is 34.6 Å². The van der Waals surface area contributed by atoms with Crippen LogP contribution < -0.4 is 24.4 Å². The van der Waals surface area contributed by atoms with E-state index in [0.717, 1.165) is 0 Å². The first-order valence-electron chi connectivity index (χ1n) is 12.8. The number of benzene rings is 3. The van der Waals surface area contributed by atoms with Crippen molar-refractivity contribution in [2.45, 2.75) is 25.7 Å². The molecule has 1 atom stereocenters. The number of anilines is 2.